The topological polar surface area (TPSA) is 27.7 Å². The highest BCUT2D eigenvalue weighted by Gasteiger charge is 2.44. The smallest absolute Gasteiger partial charge is 0.501 e. The van der Waals surface area contributed by atoms with Gasteiger partial charge in [-0.1, -0.05) is 131 Å². The molecule has 0 aliphatic heterocycles. The van der Waals surface area contributed by atoms with Crippen LogP contribution >= 0.6 is 34.8 Å². The highest BCUT2D eigenvalue weighted by atomic mass is 35.5. The normalized spacial score (nSPS) is 12.4. The molecular weight excluding hydrogens is 732 g/mol. The van der Waals surface area contributed by atoms with Crippen molar-refractivity contribution >= 4 is 42.1 Å². The maximum atomic E-state index is 7.13. The minimum Gasteiger partial charge on any atom is -0.501 e. The van der Waals surface area contributed by atoms with Gasteiger partial charge in [0.2, 0.25) is 0 Å². The molecule has 0 aliphatic rings. The van der Waals surface area contributed by atoms with Crippen LogP contribution in [0.15, 0.2) is 84.9 Å². The van der Waals surface area contributed by atoms with Crippen molar-refractivity contribution in [1.82, 2.24) is 0 Å². The molecule has 2 unspecified atom stereocenters. The van der Waals surface area contributed by atoms with E-state index in [4.69, 9.17) is 48.8 Å². The molecule has 0 aliphatic carbocycles. The van der Waals surface area contributed by atoms with Gasteiger partial charge < -0.3 is 18.4 Å². The number of hydrogen-bond acceptors (Lipinski definition) is 3. The van der Waals surface area contributed by atoms with E-state index in [1.807, 2.05) is 69.3 Å². The number of quaternary nitrogens is 1. The van der Waals surface area contributed by atoms with Gasteiger partial charge in [0.15, 0.2) is 0 Å². The van der Waals surface area contributed by atoms with Gasteiger partial charge in [0.25, 0.3) is 0 Å². The van der Waals surface area contributed by atoms with E-state index in [1.54, 1.807) is 6.07 Å². The Balaban J connectivity index is 0.000000864. The van der Waals surface area contributed by atoms with E-state index in [2.05, 4.69) is 64.1 Å². The summed E-state index contributed by atoms with van der Waals surface area (Å²) in [4.78, 5) is 0. The molecule has 0 spiro atoms. The van der Waals surface area contributed by atoms with Crippen LogP contribution < -0.4 is 9.31 Å². The predicted molar refractivity (Wildman–Crippen MR) is 232 cm³/mol. The summed E-state index contributed by atoms with van der Waals surface area (Å²) >= 11 is 18.7. The molecule has 0 N–H and O–H groups in total. The van der Waals surface area contributed by atoms with Crippen LogP contribution in [0, 0.1) is 26.8 Å². The maximum absolute atomic E-state index is 7.13. The minimum absolute atomic E-state index is 0.0995. The summed E-state index contributed by atoms with van der Waals surface area (Å²) in [6, 6.07) is 30.9. The van der Waals surface area contributed by atoms with Gasteiger partial charge in [-0.2, -0.15) is 35.9 Å². The molecule has 4 aromatic carbocycles. The summed E-state index contributed by atoms with van der Waals surface area (Å²) in [5, 5.41) is 2.08. The summed E-state index contributed by atoms with van der Waals surface area (Å²) in [5.41, 5.74) is 4.40. The molecular formula is C46H63BCl3NO3. The van der Waals surface area contributed by atoms with Crippen LogP contribution in [-0.4, -0.2) is 43.6 Å². The fourth-order valence-electron chi connectivity index (χ4n) is 6.89. The van der Waals surface area contributed by atoms with Crippen LogP contribution in [0.3, 0.4) is 0 Å². The highest BCUT2D eigenvalue weighted by molar-refractivity contribution is 6.39. The average molecular weight is 795 g/mol. The average Bonchev–Trinajstić information content (AvgIpc) is 3.17. The number of aryl methyl sites for hydroxylation is 4. The fraction of sp³-hybridized carbons (Fsp3) is 0.478. The van der Waals surface area contributed by atoms with Crippen LogP contribution in [0.25, 0.3) is 0 Å². The number of halogens is 3. The maximum Gasteiger partial charge on any atom is 0.788 e. The molecule has 0 aromatic heterocycles. The van der Waals surface area contributed by atoms with Crippen LogP contribution in [0.5, 0.6) is 11.5 Å². The summed E-state index contributed by atoms with van der Waals surface area (Å²) < 4.78 is 21.2. The Morgan fingerprint density at radius 2 is 1.15 bits per heavy atom. The first-order valence-electron chi connectivity index (χ1n) is 20.1. The molecule has 294 valence electrons. The van der Waals surface area contributed by atoms with Gasteiger partial charge in [-0.3, -0.25) is 0 Å². The van der Waals surface area contributed by atoms with E-state index in [1.165, 1.54) is 63.7 Å². The van der Waals surface area contributed by atoms with Gasteiger partial charge in [0.05, 0.1) is 25.7 Å². The van der Waals surface area contributed by atoms with Crippen molar-refractivity contribution in [3.05, 3.63) is 128 Å². The third-order valence-electron chi connectivity index (χ3n) is 10.2. The first-order chi connectivity index (χ1) is 26.0. The molecule has 0 amide bonds. The first kappa shape index (κ1) is 45.7. The largest absolute Gasteiger partial charge is 0.788 e. The van der Waals surface area contributed by atoms with Crippen LogP contribution in [0.2, 0.25) is 15.1 Å². The van der Waals surface area contributed by atoms with E-state index in [0.717, 1.165) is 51.9 Å². The second kappa shape index (κ2) is 24.8. The predicted octanol–water partition coefficient (Wildman–Crippen LogP) is 13.9. The number of hydrogen-bond donors (Lipinski definition) is 0. The monoisotopic (exact) mass is 793 g/mol. The third kappa shape index (κ3) is 15.1. The zero-order valence-corrected chi connectivity index (χ0v) is 36.1. The molecule has 0 fully saturated rings. The third-order valence-corrected chi connectivity index (χ3v) is 11.4. The van der Waals surface area contributed by atoms with E-state index in [-0.39, 0.29) is 6.10 Å². The van der Waals surface area contributed by atoms with E-state index >= 15 is 0 Å². The van der Waals surface area contributed by atoms with Gasteiger partial charge in [0.1, 0.15) is 17.5 Å². The Labute approximate surface area is 343 Å². The molecule has 0 saturated carbocycles. The van der Waals surface area contributed by atoms with E-state index < -0.39 is 7.32 Å². The quantitative estimate of drug-likeness (QED) is 0.0450. The Morgan fingerprint density at radius 1 is 0.630 bits per heavy atom. The Kier molecular flexibility index (Phi) is 21.0. The van der Waals surface area contributed by atoms with E-state index in [0.29, 0.717) is 27.6 Å². The molecule has 0 bridgehead atoms. The van der Waals surface area contributed by atoms with E-state index in [9.17, 15) is 0 Å². The standard InChI is InChI=1S/C39H57BCl2NO3.C7H6Cl/c1-7-11-26-43(27-12-8-2,28-13-9-3)38(17-10-4)39(25-22-33-18-15-14-16-19-33)46-40(44-34-23-20-31(5)36(41)29-34)45-35-24-21-32(6)37(42)30-35;1-6-4-2-3-5-7(6)8/h14-16,18-21,23-24,29-30,38-39H,7-13,17,22,25-28H2,1-6H3;2,4-5H,1H3/q+1;-1. The lowest BCUT2D eigenvalue weighted by Crippen LogP contribution is -2.62. The van der Waals surface area contributed by atoms with Crippen molar-refractivity contribution in [2.45, 2.75) is 125 Å². The summed E-state index contributed by atoms with van der Waals surface area (Å²) in [5.74, 6) is 1.22. The number of nitrogens with zero attached hydrogens (tertiary/aromatic N) is 1. The lowest BCUT2D eigenvalue weighted by Gasteiger charge is -2.48. The Morgan fingerprint density at radius 3 is 1.57 bits per heavy atom. The van der Waals surface area contributed by atoms with Crippen molar-refractivity contribution in [3.63, 3.8) is 0 Å². The number of unbranched alkanes of at least 4 members (excludes halogenated alkanes) is 3. The van der Waals surface area contributed by atoms with Crippen LogP contribution in [0.4, 0.5) is 0 Å². The van der Waals surface area contributed by atoms with Gasteiger partial charge >= 0.3 is 7.32 Å². The molecule has 54 heavy (non-hydrogen) atoms. The number of benzene rings is 4. The SMILES string of the molecule is CCCC[N+](CCCC)(CCCC)C(CCC)C(CCc1ccccc1)OB(Oc1ccc(C)c(Cl)c1)Oc1ccc(C)c(Cl)c1.Cc1cc[c-]cc1Cl. The van der Waals surface area contributed by atoms with Crippen molar-refractivity contribution < 1.29 is 18.4 Å². The lowest BCUT2D eigenvalue weighted by atomic mass is 9.92. The molecule has 4 nitrogen and oxygen atoms in total. The van der Waals surface area contributed by atoms with Crippen molar-refractivity contribution in [2.24, 2.45) is 0 Å². The van der Waals surface area contributed by atoms with Crippen molar-refractivity contribution in [2.75, 3.05) is 19.6 Å². The molecule has 4 aromatic rings. The summed E-state index contributed by atoms with van der Waals surface area (Å²) in [6.07, 6.45) is 11.0. The summed E-state index contributed by atoms with van der Waals surface area (Å²) in [7, 11) is -0.983. The molecule has 0 radical (unpaired) electrons. The Hall–Kier alpha value is -2.67. The minimum atomic E-state index is -0.983. The van der Waals surface area contributed by atoms with Crippen LogP contribution in [0.1, 0.15) is 108 Å². The second-order valence-electron chi connectivity index (χ2n) is 14.5. The zero-order chi connectivity index (χ0) is 39.3. The van der Waals surface area contributed by atoms with Gasteiger partial charge in [-0.05, 0) is 86.9 Å². The molecule has 0 heterocycles. The molecule has 4 rings (SSSR count). The fourth-order valence-corrected chi connectivity index (χ4v) is 7.36. The van der Waals surface area contributed by atoms with Gasteiger partial charge in [-0.25, -0.2) is 0 Å². The summed E-state index contributed by atoms with van der Waals surface area (Å²) in [6.45, 7) is 18.7. The zero-order valence-electron chi connectivity index (χ0n) is 33.8. The Bertz CT molecular complexity index is 1540. The molecule has 8 heteroatoms. The van der Waals surface area contributed by atoms with Crippen LogP contribution in [-0.2, 0) is 11.1 Å². The van der Waals surface area contributed by atoms with Gasteiger partial charge in [-0.15, -0.1) is 5.56 Å². The number of rotatable bonds is 22. The van der Waals surface area contributed by atoms with Crippen molar-refractivity contribution in [3.8, 4) is 11.5 Å². The second-order valence-corrected chi connectivity index (χ2v) is 15.7. The van der Waals surface area contributed by atoms with Gasteiger partial charge in [0, 0.05) is 16.5 Å². The van der Waals surface area contributed by atoms with Crippen molar-refractivity contribution in [1.29, 1.82) is 0 Å². The first-order valence-corrected chi connectivity index (χ1v) is 21.2. The highest BCUT2D eigenvalue weighted by Crippen LogP contribution is 2.32. The molecule has 2 atom stereocenters. The molecule has 0 saturated heterocycles. The lowest BCUT2D eigenvalue weighted by molar-refractivity contribution is -0.955.